The van der Waals surface area contributed by atoms with Crippen molar-refractivity contribution in [1.29, 1.82) is 0 Å². The van der Waals surface area contributed by atoms with E-state index in [4.69, 9.17) is 14.0 Å². The Bertz CT molecular complexity index is 1840. The Morgan fingerprint density at radius 3 is 1.83 bits per heavy atom. The molecule has 0 amide bonds. The number of hydrogen-bond acceptors (Lipinski definition) is 7. The first-order chi connectivity index (χ1) is 25.0. The number of ether oxygens (including phenoxy) is 1. The summed E-state index contributed by atoms with van der Waals surface area (Å²) in [4.78, 5) is 16.3. The van der Waals surface area contributed by atoms with Crippen LogP contribution in [0.1, 0.15) is 43.0 Å². The number of nitrogens with zero attached hydrogens (tertiary/aromatic N) is 4. The molecule has 5 aromatic rings. The fourth-order valence-electron chi connectivity index (χ4n) is 5.85. The van der Waals surface area contributed by atoms with Gasteiger partial charge in [0.05, 0.1) is 32.0 Å². The predicted molar refractivity (Wildman–Crippen MR) is 205 cm³/mol. The molecule has 7 nitrogen and oxygen atoms in total. The van der Waals surface area contributed by atoms with Gasteiger partial charge in [-0.05, 0) is 34.8 Å². The summed E-state index contributed by atoms with van der Waals surface area (Å²) in [6.07, 6.45) is 1.82. The van der Waals surface area contributed by atoms with Crippen LogP contribution in [0.25, 0.3) is 11.1 Å². The molecule has 4 aromatic carbocycles. The van der Waals surface area contributed by atoms with Crippen molar-refractivity contribution in [2.24, 2.45) is 5.16 Å². The van der Waals surface area contributed by atoms with Crippen LogP contribution in [0.15, 0.2) is 127 Å². The van der Waals surface area contributed by atoms with Gasteiger partial charge < -0.3 is 18.9 Å². The molecule has 1 aromatic heterocycles. The van der Waals surface area contributed by atoms with E-state index >= 15 is 8.78 Å². The monoisotopic (exact) mass is 720 g/mol. The highest BCUT2D eigenvalue weighted by molar-refractivity contribution is 6.74. The maximum Gasteiger partial charge on any atom is 0.225 e. The van der Waals surface area contributed by atoms with Crippen LogP contribution in [-0.4, -0.2) is 56.5 Å². The summed E-state index contributed by atoms with van der Waals surface area (Å²) in [7, 11) is -2.03. The van der Waals surface area contributed by atoms with Gasteiger partial charge >= 0.3 is 0 Å². The Morgan fingerprint density at radius 2 is 1.31 bits per heavy atom. The van der Waals surface area contributed by atoms with E-state index in [9.17, 15) is 0 Å². The summed E-state index contributed by atoms with van der Waals surface area (Å²) in [6.45, 7) is 11.5. The van der Waals surface area contributed by atoms with Crippen LogP contribution in [0.2, 0.25) is 18.1 Å². The van der Waals surface area contributed by atoms with E-state index in [0.29, 0.717) is 35.7 Å². The van der Waals surface area contributed by atoms with Crippen LogP contribution in [0.4, 0.5) is 14.7 Å². The van der Waals surface area contributed by atoms with Crippen LogP contribution >= 0.6 is 0 Å². The number of anilines is 1. The molecule has 10 heteroatoms. The first-order valence-corrected chi connectivity index (χ1v) is 20.5. The highest BCUT2D eigenvalue weighted by atomic mass is 28.4. The topological polar surface area (TPSA) is 69.1 Å². The van der Waals surface area contributed by atoms with Crippen molar-refractivity contribution in [1.82, 2.24) is 9.97 Å². The molecule has 0 saturated carbocycles. The SMILES string of the molecule is CC(C)(C)[Si](C)(C)OCc1cccc(-c2cnc(N3CC(=NOCC(F)COC(c4ccccc4)(c4ccccc4)c4ccccc4)C3)nc2)c1F. The van der Waals surface area contributed by atoms with Crippen molar-refractivity contribution in [2.45, 2.75) is 57.3 Å². The largest absolute Gasteiger partial charge is 0.412 e. The number of oxime groups is 1. The molecule has 1 unspecified atom stereocenters. The van der Waals surface area contributed by atoms with Gasteiger partial charge in [-0.3, -0.25) is 0 Å². The second-order valence-corrected chi connectivity index (χ2v) is 19.4. The van der Waals surface area contributed by atoms with Gasteiger partial charge in [-0.1, -0.05) is 135 Å². The van der Waals surface area contributed by atoms with Crippen LogP contribution in [0, 0.1) is 5.82 Å². The lowest BCUT2D eigenvalue weighted by molar-refractivity contribution is -0.0372. The molecular formula is C42H46F2N4O3Si. The lowest BCUT2D eigenvalue weighted by Gasteiger charge is -2.36. The Labute approximate surface area is 306 Å². The van der Waals surface area contributed by atoms with E-state index in [0.717, 1.165) is 22.4 Å². The average molecular weight is 721 g/mol. The summed E-state index contributed by atoms with van der Waals surface area (Å²) in [5.41, 5.74) is 3.95. The summed E-state index contributed by atoms with van der Waals surface area (Å²) in [5.74, 6) is 0.173. The third kappa shape index (κ3) is 8.14. The minimum Gasteiger partial charge on any atom is -0.412 e. The van der Waals surface area contributed by atoms with Crippen LogP contribution in [-0.2, 0) is 26.2 Å². The number of halogens is 2. The standard InChI is InChI=1S/C42H46F2N4O3Si/c1-41(2,3)52(4,5)51-28-31-16-15-23-38(39(31)44)32-24-45-40(46-25-32)48-26-37(27-48)47-50-30-36(43)29-49-42(33-17-9-6-10-18-33,34-19-11-7-12-20-34)35-21-13-8-14-22-35/h6-25,36H,26-30H2,1-5H3. The number of rotatable bonds is 14. The normalized spacial score (nSPS) is 14.1. The molecule has 270 valence electrons. The first kappa shape index (κ1) is 37.0. The maximum atomic E-state index is 15.5. The van der Waals surface area contributed by atoms with Gasteiger partial charge in [0.1, 0.15) is 11.4 Å². The highest BCUT2D eigenvalue weighted by Crippen LogP contribution is 2.41. The minimum atomic E-state index is -2.03. The highest BCUT2D eigenvalue weighted by Gasteiger charge is 2.39. The van der Waals surface area contributed by atoms with E-state index in [1.807, 2.05) is 102 Å². The molecule has 1 saturated heterocycles. The molecule has 0 aliphatic carbocycles. The Balaban J connectivity index is 1.04. The van der Waals surface area contributed by atoms with Crippen LogP contribution in [0.3, 0.4) is 0 Å². The number of alkyl halides is 1. The molecule has 1 atom stereocenters. The molecule has 1 fully saturated rings. The van der Waals surface area contributed by atoms with Gasteiger partial charge in [-0.15, -0.1) is 0 Å². The summed E-state index contributed by atoms with van der Waals surface area (Å²) in [6, 6.07) is 34.9. The quantitative estimate of drug-likeness (QED) is 0.0647. The summed E-state index contributed by atoms with van der Waals surface area (Å²) < 4.78 is 43.7. The lowest BCUT2D eigenvalue weighted by atomic mass is 9.80. The Kier molecular flexibility index (Phi) is 11.3. The summed E-state index contributed by atoms with van der Waals surface area (Å²) >= 11 is 0. The molecule has 1 aliphatic heterocycles. The van der Waals surface area contributed by atoms with Crippen molar-refractivity contribution in [2.75, 3.05) is 31.2 Å². The fourth-order valence-corrected chi connectivity index (χ4v) is 6.80. The van der Waals surface area contributed by atoms with E-state index in [2.05, 4.69) is 49.0 Å². The molecule has 0 spiro atoms. The molecule has 0 bridgehead atoms. The van der Waals surface area contributed by atoms with Crippen molar-refractivity contribution in [3.8, 4) is 11.1 Å². The summed E-state index contributed by atoms with van der Waals surface area (Å²) in [5, 5.41) is 4.20. The van der Waals surface area contributed by atoms with Crippen LogP contribution in [0.5, 0.6) is 0 Å². The zero-order valence-corrected chi connectivity index (χ0v) is 31.4. The lowest BCUT2D eigenvalue weighted by Crippen LogP contribution is -2.48. The molecule has 52 heavy (non-hydrogen) atoms. The molecular weight excluding hydrogens is 675 g/mol. The van der Waals surface area contributed by atoms with Gasteiger partial charge in [0.15, 0.2) is 21.1 Å². The smallest absolute Gasteiger partial charge is 0.225 e. The third-order valence-electron chi connectivity index (χ3n) is 9.92. The van der Waals surface area contributed by atoms with E-state index in [1.54, 1.807) is 24.5 Å². The molecule has 1 aliphatic rings. The first-order valence-electron chi connectivity index (χ1n) is 17.6. The van der Waals surface area contributed by atoms with Gasteiger partial charge in [0.2, 0.25) is 5.95 Å². The predicted octanol–water partition coefficient (Wildman–Crippen LogP) is 9.34. The number of benzene rings is 4. The maximum absolute atomic E-state index is 15.5. The fraction of sp³-hybridized carbons (Fsp3) is 0.310. The zero-order chi connectivity index (χ0) is 36.8. The number of hydrogen-bond donors (Lipinski definition) is 0. The van der Waals surface area contributed by atoms with E-state index in [-0.39, 0.29) is 30.7 Å². The Hall–Kier alpha value is -4.77. The van der Waals surface area contributed by atoms with Gasteiger partial charge in [0.25, 0.3) is 0 Å². The molecule has 6 rings (SSSR count). The molecule has 0 radical (unpaired) electrons. The number of aromatic nitrogens is 2. The van der Waals surface area contributed by atoms with Gasteiger partial charge in [-0.25, -0.2) is 18.7 Å². The zero-order valence-electron chi connectivity index (χ0n) is 30.4. The third-order valence-corrected chi connectivity index (χ3v) is 14.4. The van der Waals surface area contributed by atoms with Crippen molar-refractivity contribution >= 4 is 20.0 Å². The van der Waals surface area contributed by atoms with E-state index < -0.39 is 20.1 Å². The molecule has 2 heterocycles. The van der Waals surface area contributed by atoms with Gasteiger partial charge in [-0.2, -0.15) is 0 Å². The second kappa shape index (κ2) is 15.9. The second-order valence-electron chi connectivity index (χ2n) is 14.6. The van der Waals surface area contributed by atoms with E-state index in [1.165, 1.54) is 0 Å². The molecule has 0 N–H and O–H groups in total. The van der Waals surface area contributed by atoms with Gasteiger partial charge in [0, 0.05) is 29.1 Å². The average Bonchev–Trinajstić information content (AvgIpc) is 3.13. The van der Waals surface area contributed by atoms with Crippen LogP contribution < -0.4 is 4.90 Å². The van der Waals surface area contributed by atoms with Crippen molar-refractivity contribution < 1.29 is 22.8 Å². The van der Waals surface area contributed by atoms with Crippen molar-refractivity contribution in [3.05, 3.63) is 150 Å². The Morgan fingerprint density at radius 1 is 0.769 bits per heavy atom. The van der Waals surface area contributed by atoms with Crippen molar-refractivity contribution in [3.63, 3.8) is 0 Å². The minimum absolute atomic E-state index is 0.0328.